The number of urea groups is 1. The molecule has 1 aromatic heterocycles. The van der Waals surface area contributed by atoms with Crippen LogP contribution >= 0.6 is 0 Å². The van der Waals surface area contributed by atoms with E-state index in [0.717, 1.165) is 0 Å². The fraction of sp³-hybridized carbons (Fsp3) is 0.364. The molecule has 0 unspecified atom stereocenters. The Balaban J connectivity index is 2.44. The average molecular weight is 247 g/mol. The van der Waals surface area contributed by atoms with E-state index in [9.17, 15) is 4.79 Å². The lowest BCUT2D eigenvalue weighted by molar-refractivity contribution is 0.252. The Morgan fingerprint density at radius 2 is 2.50 bits per heavy atom. The summed E-state index contributed by atoms with van der Waals surface area (Å²) in [6, 6.07) is 3.22. The highest BCUT2D eigenvalue weighted by molar-refractivity contribution is 5.93. The summed E-state index contributed by atoms with van der Waals surface area (Å²) >= 11 is 0. The third kappa shape index (κ3) is 2.00. The van der Waals surface area contributed by atoms with E-state index in [-0.39, 0.29) is 23.2 Å². The van der Waals surface area contributed by atoms with Gasteiger partial charge in [-0.2, -0.15) is 10.2 Å². The molecular formula is C11H13N5O2. The van der Waals surface area contributed by atoms with Crippen LogP contribution in [0.5, 0.6) is 5.88 Å². The highest BCUT2D eigenvalue weighted by Gasteiger charge is 2.24. The van der Waals surface area contributed by atoms with Crippen LogP contribution in [0.25, 0.3) is 0 Å². The molecule has 2 heterocycles. The number of hydrogen-bond acceptors (Lipinski definition) is 5. The van der Waals surface area contributed by atoms with Crippen molar-refractivity contribution in [3.8, 4) is 11.9 Å². The first kappa shape index (κ1) is 12.0. The van der Waals surface area contributed by atoms with Crippen LogP contribution in [0.3, 0.4) is 0 Å². The molecule has 94 valence electrons. The maximum atomic E-state index is 11.5. The van der Waals surface area contributed by atoms with Gasteiger partial charge < -0.3 is 15.8 Å². The number of aromatic nitrogens is 1. The molecular weight excluding hydrogens is 234 g/mol. The van der Waals surface area contributed by atoms with Gasteiger partial charge in [0.1, 0.15) is 17.5 Å². The van der Waals surface area contributed by atoms with Gasteiger partial charge in [-0.05, 0) is 6.92 Å². The van der Waals surface area contributed by atoms with Crippen LogP contribution < -0.4 is 20.7 Å². The predicted molar refractivity (Wildman–Crippen MR) is 65.3 cm³/mol. The highest BCUT2D eigenvalue weighted by atomic mass is 16.5. The number of pyridine rings is 1. The molecule has 18 heavy (non-hydrogen) atoms. The van der Waals surface area contributed by atoms with Gasteiger partial charge in [-0.3, -0.25) is 4.90 Å². The van der Waals surface area contributed by atoms with Crippen LogP contribution in [0.1, 0.15) is 12.5 Å². The van der Waals surface area contributed by atoms with Crippen molar-refractivity contribution in [2.24, 2.45) is 0 Å². The molecule has 3 N–H and O–H groups in total. The normalized spacial score (nSPS) is 14.2. The third-order valence-electron chi connectivity index (χ3n) is 2.53. The summed E-state index contributed by atoms with van der Waals surface area (Å²) in [4.78, 5) is 17.2. The van der Waals surface area contributed by atoms with Gasteiger partial charge in [-0.1, -0.05) is 0 Å². The van der Waals surface area contributed by atoms with Crippen molar-refractivity contribution in [1.82, 2.24) is 10.3 Å². The summed E-state index contributed by atoms with van der Waals surface area (Å²) in [6.07, 6.45) is 0. The third-order valence-corrected chi connectivity index (χ3v) is 2.53. The number of anilines is 2. The Morgan fingerprint density at radius 1 is 1.72 bits per heavy atom. The molecule has 1 aliphatic rings. The lowest BCUT2D eigenvalue weighted by atomic mass is 10.2. The van der Waals surface area contributed by atoms with E-state index in [1.54, 1.807) is 6.92 Å². The molecule has 0 aliphatic carbocycles. The number of ether oxygens (including phenoxy) is 1. The molecule has 1 aromatic rings. The van der Waals surface area contributed by atoms with Crippen LogP contribution in [-0.2, 0) is 0 Å². The largest absolute Gasteiger partial charge is 0.477 e. The Kier molecular flexibility index (Phi) is 3.19. The van der Waals surface area contributed by atoms with Crippen LogP contribution in [-0.4, -0.2) is 30.7 Å². The summed E-state index contributed by atoms with van der Waals surface area (Å²) in [6.45, 7) is 3.23. The smallest absolute Gasteiger partial charge is 0.323 e. The van der Waals surface area contributed by atoms with Crippen LogP contribution in [0, 0.1) is 11.3 Å². The lowest BCUT2D eigenvalue weighted by Gasteiger charge is -2.16. The Hall–Kier alpha value is -2.49. The second-order valence-electron chi connectivity index (χ2n) is 3.68. The van der Waals surface area contributed by atoms with Gasteiger partial charge in [0.25, 0.3) is 0 Å². The van der Waals surface area contributed by atoms with E-state index in [1.807, 2.05) is 6.07 Å². The fourth-order valence-electron chi connectivity index (χ4n) is 1.71. The molecule has 7 heteroatoms. The van der Waals surface area contributed by atoms with E-state index < -0.39 is 0 Å². The van der Waals surface area contributed by atoms with Crippen LogP contribution in [0.15, 0.2) is 6.07 Å². The summed E-state index contributed by atoms with van der Waals surface area (Å²) in [5, 5.41) is 11.7. The van der Waals surface area contributed by atoms with E-state index in [4.69, 9.17) is 15.7 Å². The van der Waals surface area contributed by atoms with Gasteiger partial charge in [0.2, 0.25) is 5.88 Å². The Labute approximate surface area is 104 Å². The van der Waals surface area contributed by atoms with Gasteiger partial charge in [0.05, 0.1) is 12.3 Å². The number of rotatable bonds is 3. The highest BCUT2D eigenvalue weighted by Crippen LogP contribution is 2.27. The molecule has 0 atom stereocenters. The minimum absolute atomic E-state index is 0.162. The van der Waals surface area contributed by atoms with Crippen molar-refractivity contribution in [2.75, 3.05) is 30.3 Å². The van der Waals surface area contributed by atoms with Crippen molar-refractivity contribution >= 4 is 17.5 Å². The number of hydrogen-bond donors (Lipinski definition) is 2. The Morgan fingerprint density at radius 3 is 3.06 bits per heavy atom. The topological polar surface area (TPSA) is 104 Å². The summed E-state index contributed by atoms with van der Waals surface area (Å²) < 4.78 is 5.27. The number of nitrogens with two attached hydrogens (primary N) is 1. The molecule has 0 bridgehead atoms. The first-order valence-electron chi connectivity index (χ1n) is 5.56. The quantitative estimate of drug-likeness (QED) is 0.807. The van der Waals surface area contributed by atoms with Crippen molar-refractivity contribution in [3.63, 3.8) is 0 Å². The zero-order valence-corrected chi connectivity index (χ0v) is 9.93. The van der Waals surface area contributed by atoms with Gasteiger partial charge in [0.15, 0.2) is 0 Å². The second-order valence-corrected chi connectivity index (χ2v) is 3.68. The molecule has 2 rings (SSSR count). The van der Waals surface area contributed by atoms with Crippen LogP contribution in [0.2, 0.25) is 0 Å². The van der Waals surface area contributed by atoms with E-state index in [0.29, 0.717) is 25.5 Å². The molecule has 1 saturated heterocycles. The van der Waals surface area contributed by atoms with E-state index in [2.05, 4.69) is 10.3 Å². The molecule has 0 saturated carbocycles. The fourth-order valence-corrected chi connectivity index (χ4v) is 1.71. The molecule has 1 fully saturated rings. The van der Waals surface area contributed by atoms with Gasteiger partial charge in [0, 0.05) is 19.2 Å². The maximum absolute atomic E-state index is 11.5. The SMILES string of the molecule is CCOc1nc(N2CCNC2=O)cc(N)c1C#N. The lowest BCUT2D eigenvalue weighted by Crippen LogP contribution is -2.28. The van der Waals surface area contributed by atoms with Gasteiger partial charge in [-0.15, -0.1) is 0 Å². The summed E-state index contributed by atoms with van der Waals surface area (Å²) in [5.74, 6) is 0.555. The summed E-state index contributed by atoms with van der Waals surface area (Å²) in [7, 11) is 0. The average Bonchev–Trinajstić information content (AvgIpc) is 2.75. The molecule has 0 spiro atoms. The van der Waals surface area contributed by atoms with E-state index in [1.165, 1.54) is 11.0 Å². The van der Waals surface area contributed by atoms with Gasteiger partial charge >= 0.3 is 6.03 Å². The number of nitrogens with one attached hydrogen (secondary N) is 1. The van der Waals surface area contributed by atoms with Crippen LogP contribution in [0.4, 0.5) is 16.3 Å². The van der Waals surface area contributed by atoms with E-state index >= 15 is 0 Å². The minimum Gasteiger partial charge on any atom is -0.477 e. The second kappa shape index (κ2) is 4.79. The van der Waals surface area contributed by atoms with Gasteiger partial charge in [-0.25, -0.2) is 4.79 Å². The molecule has 2 amide bonds. The number of nitriles is 1. The van der Waals surface area contributed by atoms with Crippen molar-refractivity contribution < 1.29 is 9.53 Å². The zero-order valence-electron chi connectivity index (χ0n) is 9.93. The molecule has 0 aromatic carbocycles. The first-order chi connectivity index (χ1) is 8.67. The van der Waals surface area contributed by atoms with Crippen molar-refractivity contribution in [1.29, 1.82) is 5.26 Å². The number of nitrogens with zero attached hydrogens (tertiary/aromatic N) is 3. The number of nitrogen functional groups attached to an aromatic ring is 1. The molecule has 7 nitrogen and oxygen atoms in total. The Bertz CT molecular complexity index is 523. The van der Waals surface area contributed by atoms with Crippen molar-refractivity contribution in [3.05, 3.63) is 11.6 Å². The molecule has 1 aliphatic heterocycles. The zero-order chi connectivity index (χ0) is 13.1. The number of amides is 2. The number of carbonyl (C=O) groups excluding carboxylic acids is 1. The predicted octanol–water partition coefficient (Wildman–Crippen LogP) is 0.464. The summed E-state index contributed by atoms with van der Waals surface area (Å²) in [5.41, 5.74) is 6.23. The van der Waals surface area contributed by atoms with Crippen molar-refractivity contribution in [2.45, 2.75) is 6.92 Å². The standard InChI is InChI=1S/C11H13N5O2/c1-2-18-10-7(6-12)8(13)5-9(15-10)16-4-3-14-11(16)17/h5H,2-4H2,1H3,(H2,13,15)(H,14,17). The first-order valence-corrected chi connectivity index (χ1v) is 5.56. The minimum atomic E-state index is -0.228. The molecule has 0 radical (unpaired) electrons. The monoisotopic (exact) mass is 247 g/mol. The number of carbonyl (C=O) groups is 1. The maximum Gasteiger partial charge on any atom is 0.323 e.